The van der Waals surface area contributed by atoms with Gasteiger partial charge in [0.05, 0.1) is 6.20 Å². The summed E-state index contributed by atoms with van der Waals surface area (Å²) in [6, 6.07) is 0. The van der Waals surface area contributed by atoms with Crippen molar-refractivity contribution >= 4 is 0 Å². The minimum absolute atomic E-state index is 0.569. The van der Waals surface area contributed by atoms with Gasteiger partial charge in [0.1, 0.15) is 11.3 Å². The van der Waals surface area contributed by atoms with Gasteiger partial charge in [-0.05, 0) is 19.4 Å². The number of hydrogen-bond donors (Lipinski definition) is 3. The highest BCUT2D eigenvalue weighted by atomic mass is 16.3. The Morgan fingerprint density at radius 3 is 3.08 bits per heavy atom. The van der Waals surface area contributed by atoms with Crippen LogP contribution in [0.1, 0.15) is 18.5 Å². The van der Waals surface area contributed by atoms with Gasteiger partial charge in [-0.25, -0.2) is 0 Å². The molecule has 3 N–H and O–H groups in total. The first-order chi connectivity index (χ1) is 5.81. The molecule has 0 aromatic carbocycles. The summed E-state index contributed by atoms with van der Waals surface area (Å²) >= 11 is 0. The van der Waals surface area contributed by atoms with Crippen molar-refractivity contribution in [2.75, 3.05) is 13.1 Å². The molecule has 1 aromatic rings. The zero-order valence-corrected chi connectivity index (χ0v) is 6.75. The number of nitrogens with zero attached hydrogens (tertiary/aromatic N) is 2. The summed E-state index contributed by atoms with van der Waals surface area (Å²) in [7, 11) is 0. The standard InChI is InChI=1S/C7H12N4O/c12-7(2-1-3-8-5-7)6-4-9-11-10-6/h4,8,12H,1-3,5H2,(H,9,10,11)/t7-/m1/s1. The van der Waals surface area contributed by atoms with E-state index in [4.69, 9.17) is 0 Å². The molecule has 0 amide bonds. The molecule has 66 valence electrons. The highest BCUT2D eigenvalue weighted by Gasteiger charge is 2.33. The maximum absolute atomic E-state index is 10.0. The van der Waals surface area contributed by atoms with Crippen molar-refractivity contribution in [2.24, 2.45) is 0 Å². The van der Waals surface area contributed by atoms with Crippen LogP contribution in [-0.4, -0.2) is 33.6 Å². The molecule has 0 aliphatic carbocycles. The van der Waals surface area contributed by atoms with Gasteiger partial charge in [0.15, 0.2) is 0 Å². The number of aliphatic hydroxyl groups is 1. The van der Waals surface area contributed by atoms with Crippen molar-refractivity contribution in [3.63, 3.8) is 0 Å². The number of hydrogen-bond acceptors (Lipinski definition) is 4. The van der Waals surface area contributed by atoms with Crippen LogP contribution < -0.4 is 5.32 Å². The zero-order valence-electron chi connectivity index (χ0n) is 6.75. The predicted molar refractivity (Wildman–Crippen MR) is 42.4 cm³/mol. The minimum Gasteiger partial charge on any atom is -0.382 e. The Balaban J connectivity index is 2.19. The number of aromatic nitrogens is 3. The number of nitrogens with one attached hydrogen (secondary N) is 2. The van der Waals surface area contributed by atoms with E-state index >= 15 is 0 Å². The highest BCUT2D eigenvalue weighted by molar-refractivity contribution is 5.08. The van der Waals surface area contributed by atoms with Gasteiger partial charge in [-0.3, -0.25) is 0 Å². The Kier molecular flexibility index (Phi) is 1.82. The number of piperidine rings is 1. The number of aromatic amines is 1. The quantitative estimate of drug-likeness (QED) is 0.522. The smallest absolute Gasteiger partial charge is 0.122 e. The summed E-state index contributed by atoms with van der Waals surface area (Å²) in [6.07, 6.45) is 3.31. The van der Waals surface area contributed by atoms with E-state index in [9.17, 15) is 5.11 Å². The van der Waals surface area contributed by atoms with E-state index in [0.29, 0.717) is 12.2 Å². The summed E-state index contributed by atoms with van der Waals surface area (Å²) in [4.78, 5) is 0. The van der Waals surface area contributed by atoms with Crippen molar-refractivity contribution in [2.45, 2.75) is 18.4 Å². The fourth-order valence-electron chi connectivity index (χ4n) is 1.53. The van der Waals surface area contributed by atoms with Crippen molar-refractivity contribution < 1.29 is 5.11 Å². The van der Waals surface area contributed by atoms with Crippen molar-refractivity contribution in [3.8, 4) is 0 Å². The Hall–Kier alpha value is -0.940. The molecule has 1 aliphatic rings. The normalized spacial score (nSPS) is 30.4. The van der Waals surface area contributed by atoms with Crippen LogP contribution in [0.3, 0.4) is 0 Å². The van der Waals surface area contributed by atoms with Crippen LogP contribution in [0.4, 0.5) is 0 Å². The third-order valence-electron chi connectivity index (χ3n) is 2.25. The zero-order chi connectivity index (χ0) is 8.44. The summed E-state index contributed by atoms with van der Waals surface area (Å²) in [5.74, 6) is 0. The SMILES string of the molecule is O[C@]1(c2cn[nH]n2)CCCNC1. The molecule has 0 bridgehead atoms. The molecule has 0 unspecified atom stereocenters. The van der Waals surface area contributed by atoms with Gasteiger partial charge >= 0.3 is 0 Å². The lowest BCUT2D eigenvalue weighted by molar-refractivity contribution is 0.00816. The molecule has 0 radical (unpaired) electrons. The van der Waals surface area contributed by atoms with Crippen LogP contribution in [0.15, 0.2) is 6.20 Å². The average molecular weight is 168 g/mol. The molecular formula is C7H12N4O. The number of H-pyrrole nitrogens is 1. The van der Waals surface area contributed by atoms with E-state index in [1.807, 2.05) is 0 Å². The molecule has 5 heteroatoms. The number of rotatable bonds is 1. The molecular weight excluding hydrogens is 156 g/mol. The van der Waals surface area contributed by atoms with Crippen molar-refractivity contribution in [3.05, 3.63) is 11.9 Å². The van der Waals surface area contributed by atoms with Gasteiger partial charge in [0, 0.05) is 6.54 Å². The Morgan fingerprint density at radius 1 is 1.58 bits per heavy atom. The fraction of sp³-hybridized carbons (Fsp3) is 0.714. The van der Waals surface area contributed by atoms with Gasteiger partial charge in [-0.15, -0.1) is 0 Å². The third kappa shape index (κ3) is 1.21. The third-order valence-corrected chi connectivity index (χ3v) is 2.25. The molecule has 1 saturated heterocycles. The Labute approximate surface area is 70.2 Å². The van der Waals surface area contributed by atoms with Crippen LogP contribution in [0.2, 0.25) is 0 Å². The molecule has 12 heavy (non-hydrogen) atoms. The van der Waals surface area contributed by atoms with E-state index in [1.165, 1.54) is 0 Å². The van der Waals surface area contributed by atoms with Gasteiger partial charge in [-0.1, -0.05) is 0 Å². The van der Waals surface area contributed by atoms with Gasteiger partial charge in [0.2, 0.25) is 0 Å². The van der Waals surface area contributed by atoms with Crippen LogP contribution >= 0.6 is 0 Å². The summed E-state index contributed by atoms with van der Waals surface area (Å²) in [5.41, 5.74) is -0.180. The van der Waals surface area contributed by atoms with E-state index in [2.05, 4.69) is 20.7 Å². The Morgan fingerprint density at radius 2 is 2.50 bits per heavy atom. The molecule has 1 fully saturated rings. The molecule has 2 heterocycles. The predicted octanol–water partition coefficient (Wildman–Crippen LogP) is -0.624. The first-order valence-corrected chi connectivity index (χ1v) is 4.11. The second-order valence-electron chi connectivity index (χ2n) is 3.17. The van der Waals surface area contributed by atoms with Crippen LogP contribution in [0.25, 0.3) is 0 Å². The molecule has 1 aromatic heterocycles. The maximum atomic E-state index is 10.0. The van der Waals surface area contributed by atoms with E-state index < -0.39 is 5.60 Å². The second kappa shape index (κ2) is 2.84. The lowest BCUT2D eigenvalue weighted by Crippen LogP contribution is -2.43. The maximum Gasteiger partial charge on any atom is 0.122 e. The fourth-order valence-corrected chi connectivity index (χ4v) is 1.53. The van der Waals surface area contributed by atoms with E-state index in [1.54, 1.807) is 6.20 Å². The van der Waals surface area contributed by atoms with Crippen LogP contribution in [-0.2, 0) is 5.60 Å². The molecule has 5 nitrogen and oxygen atoms in total. The minimum atomic E-state index is -0.814. The largest absolute Gasteiger partial charge is 0.382 e. The molecule has 1 aliphatic heterocycles. The molecule has 0 spiro atoms. The molecule has 0 saturated carbocycles. The van der Waals surface area contributed by atoms with Crippen LogP contribution in [0, 0.1) is 0 Å². The summed E-state index contributed by atoms with van der Waals surface area (Å²) in [6.45, 7) is 1.54. The van der Waals surface area contributed by atoms with E-state index in [-0.39, 0.29) is 0 Å². The summed E-state index contributed by atoms with van der Waals surface area (Å²) < 4.78 is 0. The first-order valence-electron chi connectivity index (χ1n) is 4.11. The Bertz CT molecular complexity index is 240. The van der Waals surface area contributed by atoms with Gasteiger partial charge in [0.25, 0.3) is 0 Å². The topological polar surface area (TPSA) is 73.8 Å². The van der Waals surface area contributed by atoms with Crippen molar-refractivity contribution in [1.29, 1.82) is 0 Å². The average Bonchev–Trinajstić information content (AvgIpc) is 2.58. The second-order valence-corrected chi connectivity index (χ2v) is 3.17. The molecule has 2 rings (SSSR count). The van der Waals surface area contributed by atoms with E-state index in [0.717, 1.165) is 19.4 Å². The van der Waals surface area contributed by atoms with Crippen molar-refractivity contribution in [1.82, 2.24) is 20.7 Å². The lowest BCUT2D eigenvalue weighted by Gasteiger charge is -2.30. The molecule has 1 atom stereocenters. The number of β-amino-alcohol motifs (C(OH)–C–C–N with tert-alkyl or cyclic N) is 1. The summed E-state index contributed by atoms with van der Waals surface area (Å²) in [5, 5.41) is 23.2. The highest BCUT2D eigenvalue weighted by Crippen LogP contribution is 2.25. The monoisotopic (exact) mass is 168 g/mol. The first kappa shape index (κ1) is 7.70. The van der Waals surface area contributed by atoms with Gasteiger partial charge in [-0.2, -0.15) is 15.4 Å². The van der Waals surface area contributed by atoms with Crippen LogP contribution in [0.5, 0.6) is 0 Å². The lowest BCUT2D eigenvalue weighted by atomic mass is 9.91. The van der Waals surface area contributed by atoms with Gasteiger partial charge < -0.3 is 10.4 Å².